The van der Waals surface area contributed by atoms with E-state index in [1.807, 2.05) is 38.2 Å². The minimum atomic E-state index is -0.833. The predicted octanol–water partition coefficient (Wildman–Crippen LogP) is 4.74. The Morgan fingerprint density at radius 2 is 2.20 bits per heavy atom. The zero-order valence-electron chi connectivity index (χ0n) is 16.3. The van der Waals surface area contributed by atoms with E-state index in [4.69, 9.17) is 26.0 Å². The number of aromatic amines is 1. The molecular formula is C21H19ClN4O4. The molecule has 0 amide bonds. The Morgan fingerprint density at radius 1 is 1.37 bits per heavy atom. The number of para-hydroxylation sites is 1. The highest BCUT2D eigenvalue weighted by Crippen LogP contribution is 2.32. The van der Waals surface area contributed by atoms with Gasteiger partial charge in [0.2, 0.25) is 11.7 Å². The van der Waals surface area contributed by atoms with Crippen LogP contribution in [0.2, 0.25) is 5.02 Å². The van der Waals surface area contributed by atoms with E-state index >= 15 is 0 Å². The highest BCUT2D eigenvalue weighted by Gasteiger charge is 2.17. The lowest BCUT2D eigenvalue weighted by Gasteiger charge is -2.09. The summed E-state index contributed by atoms with van der Waals surface area (Å²) in [6, 6.07) is 7.36. The summed E-state index contributed by atoms with van der Waals surface area (Å²) in [6.07, 6.45) is 3.84. The molecular weight excluding hydrogens is 408 g/mol. The van der Waals surface area contributed by atoms with Crippen molar-refractivity contribution in [2.75, 3.05) is 0 Å². The van der Waals surface area contributed by atoms with Gasteiger partial charge in [0.25, 0.3) is 5.89 Å². The first-order chi connectivity index (χ1) is 14.4. The number of hydrogen-bond acceptors (Lipinski definition) is 6. The van der Waals surface area contributed by atoms with Crippen LogP contribution in [0.4, 0.5) is 0 Å². The van der Waals surface area contributed by atoms with Crippen molar-refractivity contribution in [2.45, 2.75) is 32.8 Å². The molecule has 8 nitrogen and oxygen atoms in total. The molecule has 4 rings (SSSR count). The standard InChI is InChI=1S/C21H19ClN4O4/c1-11(2)29-21-16(22)8-13(10-24-21)20-25-19(26-30-20)15-5-3-4-14-12(6-7-17(27)28)9-23-18(14)15/h3-5,8-11,23H,6-7H2,1-2H3,(H,27,28). The molecule has 154 valence electrons. The zero-order valence-corrected chi connectivity index (χ0v) is 17.1. The molecule has 9 heteroatoms. The van der Waals surface area contributed by atoms with Gasteiger partial charge in [0.05, 0.1) is 17.2 Å². The molecule has 4 aromatic rings. The van der Waals surface area contributed by atoms with E-state index in [-0.39, 0.29) is 18.4 Å². The van der Waals surface area contributed by atoms with E-state index in [2.05, 4.69) is 20.1 Å². The van der Waals surface area contributed by atoms with Crippen LogP contribution in [0.15, 0.2) is 41.2 Å². The van der Waals surface area contributed by atoms with Crippen molar-refractivity contribution in [3.05, 3.63) is 47.2 Å². The summed E-state index contributed by atoms with van der Waals surface area (Å²) in [7, 11) is 0. The number of rotatable bonds is 7. The number of nitrogens with zero attached hydrogens (tertiary/aromatic N) is 3. The Morgan fingerprint density at radius 3 is 2.93 bits per heavy atom. The first-order valence-corrected chi connectivity index (χ1v) is 9.77. The van der Waals surface area contributed by atoms with Crippen LogP contribution in [0.5, 0.6) is 5.88 Å². The number of benzene rings is 1. The van der Waals surface area contributed by atoms with Crippen molar-refractivity contribution >= 4 is 28.5 Å². The third kappa shape index (κ3) is 3.99. The summed E-state index contributed by atoms with van der Waals surface area (Å²) >= 11 is 6.26. The van der Waals surface area contributed by atoms with Crippen molar-refractivity contribution in [1.29, 1.82) is 0 Å². The van der Waals surface area contributed by atoms with E-state index in [1.54, 1.807) is 12.3 Å². The van der Waals surface area contributed by atoms with Crippen molar-refractivity contribution < 1.29 is 19.2 Å². The molecule has 0 radical (unpaired) electrons. The highest BCUT2D eigenvalue weighted by atomic mass is 35.5. The Hall–Kier alpha value is -3.39. The minimum absolute atomic E-state index is 0.0440. The molecule has 0 bridgehead atoms. The van der Waals surface area contributed by atoms with Gasteiger partial charge in [-0.15, -0.1) is 0 Å². The van der Waals surface area contributed by atoms with Crippen molar-refractivity contribution in [1.82, 2.24) is 20.1 Å². The number of halogens is 1. The van der Waals surface area contributed by atoms with Gasteiger partial charge >= 0.3 is 5.97 Å². The molecule has 0 saturated heterocycles. The van der Waals surface area contributed by atoms with Gasteiger partial charge in [-0.3, -0.25) is 4.79 Å². The van der Waals surface area contributed by atoms with E-state index in [0.29, 0.717) is 28.7 Å². The molecule has 0 atom stereocenters. The van der Waals surface area contributed by atoms with Crippen molar-refractivity contribution in [3.8, 4) is 28.7 Å². The highest BCUT2D eigenvalue weighted by molar-refractivity contribution is 6.32. The molecule has 0 spiro atoms. The normalized spacial score (nSPS) is 11.3. The fraction of sp³-hybridized carbons (Fsp3) is 0.238. The molecule has 2 N–H and O–H groups in total. The molecule has 0 fully saturated rings. The molecule has 0 unspecified atom stereocenters. The fourth-order valence-electron chi connectivity index (χ4n) is 3.15. The number of carbonyl (C=O) groups is 1. The van der Waals surface area contributed by atoms with Crippen molar-refractivity contribution in [3.63, 3.8) is 0 Å². The molecule has 3 heterocycles. The predicted molar refractivity (Wildman–Crippen MR) is 112 cm³/mol. The summed E-state index contributed by atoms with van der Waals surface area (Å²) in [4.78, 5) is 22.8. The molecule has 1 aromatic carbocycles. The van der Waals surface area contributed by atoms with E-state index in [0.717, 1.165) is 22.0 Å². The minimum Gasteiger partial charge on any atom is -0.481 e. The first-order valence-electron chi connectivity index (χ1n) is 9.40. The largest absolute Gasteiger partial charge is 0.481 e. The van der Waals surface area contributed by atoms with Gasteiger partial charge < -0.3 is 19.4 Å². The second-order valence-corrected chi connectivity index (χ2v) is 7.44. The molecule has 0 saturated carbocycles. The Balaban J connectivity index is 1.65. The smallest absolute Gasteiger partial charge is 0.303 e. The number of aromatic nitrogens is 4. The summed E-state index contributed by atoms with van der Waals surface area (Å²) in [6.45, 7) is 3.79. The average molecular weight is 427 g/mol. The third-order valence-corrected chi connectivity index (χ3v) is 4.75. The van der Waals surface area contributed by atoms with Crippen molar-refractivity contribution in [2.24, 2.45) is 0 Å². The Labute approximate surface area is 176 Å². The SMILES string of the molecule is CC(C)Oc1ncc(-c2nc(-c3cccc4c(CCC(=O)O)c[nH]c34)no2)cc1Cl. The molecule has 3 aromatic heterocycles. The monoisotopic (exact) mass is 426 g/mol. The summed E-state index contributed by atoms with van der Waals surface area (Å²) < 4.78 is 11.0. The maximum Gasteiger partial charge on any atom is 0.303 e. The van der Waals surface area contributed by atoms with E-state index < -0.39 is 5.97 Å². The van der Waals surface area contributed by atoms with Gasteiger partial charge in [-0.2, -0.15) is 4.98 Å². The number of hydrogen-bond donors (Lipinski definition) is 2. The summed E-state index contributed by atoms with van der Waals surface area (Å²) in [5.41, 5.74) is 3.08. The number of carboxylic acid groups (broad SMARTS) is 1. The summed E-state index contributed by atoms with van der Waals surface area (Å²) in [5.74, 6) is 0.201. The number of H-pyrrole nitrogens is 1. The number of nitrogens with one attached hydrogen (secondary N) is 1. The number of aliphatic carboxylic acids is 1. The van der Waals surface area contributed by atoms with Gasteiger partial charge in [-0.05, 0) is 38.0 Å². The van der Waals surface area contributed by atoms with E-state index in [1.165, 1.54) is 0 Å². The average Bonchev–Trinajstić information content (AvgIpc) is 3.34. The number of pyridine rings is 1. The van der Waals surface area contributed by atoms with Crippen LogP contribution in [-0.4, -0.2) is 37.3 Å². The summed E-state index contributed by atoms with van der Waals surface area (Å²) in [5, 5.41) is 14.3. The maximum absolute atomic E-state index is 10.9. The second kappa shape index (κ2) is 8.16. The lowest BCUT2D eigenvalue weighted by molar-refractivity contribution is -0.136. The fourth-order valence-corrected chi connectivity index (χ4v) is 3.36. The number of aryl methyl sites for hydroxylation is 1. The van der Waals surface area contributed by atoms with Crippen LogP contribution in [-0.2, 0) is 11.2 Å². The topological polar surface area (TPSA) is 114 Å². The van der Waals surface area contributed by atoms with Gasteiger partial charge in [0.1, 0.15) is 5.02 Å². The first kappa shape index (κ1) is 19.9. The lowest BCUT2D eigenvalue weighted by atomic mass is 10.1. The van der Waals surface area contributed by atoms with Crippen LogP contribution in [0, 0.1) is 0 Å². The maximum atomic E-state index is 10.9. The number of carboxylic acids is 1. The van der Waals surface area contributed by atoms with Crippen LogP contribution in [0.25, 0.3) is 33.7 Å². The van der Waals surface area contributed by atoms with Crippen LogP contribution in [0.1, 0.15) is 25.8 Å². The van der Waals surface area contributed by atoms with E-state index in [9.17, 15) is 4.79 Å². The van der Waals surface area contributed by atoms with Crippen LogP contribution >= 0.6 is 11.6 Å². The quantitative estimate of drug-likeness (QED) is 0.438. The Kier molecular flexibility index (Phi) is 5.41. The lowest BCUT2D eigenvalue weighted by Crippen LogP contribution is -2.07. The third-order valence-electron chi connectivity index (χ3n) is 4.48. The van der Waals surface area contributed by atoms with Gasteiger partial charge in [0, 0.05) is 29.8 Å². The molecule has 0 aliphatic heterocycles. The number of fused-ring (bicyclic) bond motifs is 1. The molecule has 0 aliphatic rings. The molecule has 0 aliphatic carbocycles. The van der Waals surface area contributed by atoms with Crippen LogP contribution in [0.3, 0.4) is 0 Å². The van der Waals surface area contributed by atoms with Gasteiger partial charge in [0.15, 0.2) is 0 Å². The number of ether oxygens (including phenoxy) is 1. The Bertz CT molecular complexity index is 1210. The van der Waals surface area contributed by atoms with Gasteiger partial charge in [-0.1, -0.05) is 28.9 Å². The van der Waals surface area contributed by atoms with Gasteiger partial charge in [-0.25, -0.2) is 4.98 Å². The van der Waals surface area contributed by atoms with Crippen LogP contribution < -0.4 is 4.74 Å². The second-order valence-electron chi connectivity index (χ2n) is 7.04. The molecule has 30 heavy (non-hydrogen) atoms. The zero-order chi connectivity index (χ0) is 21.3.